The molecule has 0 saturated carbocycles. The number of thiophene rings is 1. The first kappa shape index (κ1) is 24.3. The predicted octanol–water partition coefficient (Wildman–Crippen LogP) is 5.62. The van der Waals surface area contributed by atoms with Gasteiger partial charge in [-0.1, -0.05) is 29.8 Å². The molecule has 7 nitrogen and oxygen atoms in total. The van der Waals surface area contributed by atoms with E-state index >= 15 is 0 Å². The van der Waals surface area contributed by atoms with Gasteiger partial charge in [-0.05, 0) is 66.6 Å². The number of hydrogen-bond acceptors (Lipinski definition) is 7. The lowest BCUT2D eigenvalue weighted by Crippen LogP contribution is -2.24. The van der Waals surface area contributed by atoms with Gasteiger partial charge in [0.1, 0.15) is 22.1 Å². The molecule has 0 spiro atoms. The molecule has 35 heavy (non-hydrogen) atoms. The number of hydrogen-bond donors (Lipinski definition) is 1. The van der Waals surface area contributed by atoms with Gasteiger partial charge < -0.3 is 14.2 Å². The van der Waals surface area contributed by atoms with Crippen LogP contribution in [0.4, 0.5) is 0 Å². The number of nitrogens with zero attached hydrogens (tertiary/aromatic N) is 1. The topological polar surface area (TPSA) is 86.2 Å². The Morgan fingerprint density at radius 1 is 1.06 bits per heavy atom. The lowest BCUT2D eigenvalue weighted by molar-refractivity contribution is -0.123. The van der Waals surface area contributed by atoms with Crippen LogP contribution in [0, 0.1) is 6.92 Å². The van der Waals surface area contributed by atoms with Crippen molar-refractivity contribution in [3.05, 3.63) is 87.8 Å². The van der Waals surface area contributed by atoms with Gasteiger partial charge >= 0.3 is 5.97 Å². The molecule has 0 saturated heterocycles. The Kier molecular flexibility index (Phi) is 7.64. The van der Waals surface area contributed by atoms with Crippen LogP contribution in [0.1, 0.15) is 20.8 Å². The van der Waals surface area contributed by atoms with E-state index in [1.165, 1.54) is 17.6 Å². The van der Waals surface area contributed by atoms with Crippen molar-refractivity contribution in [1.29, 1.82) is 0 Å². The number of methoxy groups -OCH3 is 1. The molecule has 0 aliphatic rings. The van der Waals surface area contributed by atoms with E-state index in [1.54, 1.807) is 43.5 Å². The summed E-state index contributed by atoms with van der Waals surface area (Å²) in [5, 5.41) is 5.04. The van der Waals surface area contributed by atoms with Gasteiger partial charge in [0, 0.05) is 10.1 Å². The molecule has 4 rings (SSSR count). The van der Waals surface area contributed by atoms with Gasteiger partial charge in [0.25, 0.3) is 5.91 Å². The summed E-state index contributed by atoms with van der Waals surface area (Å²) in [5.74, 6) is 0.760. The van der Waals surface area contributed by atoms with Crippen molar-refractivity contribution < 1.29 is 23.8 Å². The maximum atomic E-state index is 12.7. The molecule has 1 amide bonds. The zero-order valence-electron chi connectivity index (χ0n) is 18.9. The third-order valence-corrected chi connectivity index (χ3v) is 6.61. The van der Waals surface area contributed by atoms with Gasteiger partial charge in [-0.25, -0.2) is 10.2 Å². The first-order chi connectivity index (χ1) is 16.9. The zero-order valence-corrected chi connectivity index (χ0v) is 20.5. The third-order valence-electron chi connectivity index (χ3n) is 4.97. The lowest BCUT2D eigenvalue weighted by atomic mass is 10.2. The first-order valence-electron chi connectivity index (χ1n) is 10.5. The number of carbonyl (C=O) groups excluding carboxylic acids is 2. The summed E-state index contributed by atoms with van der Waals surface area (Å²) in [6.45, 7) is 1.75. The predicted molar refractivity (Wildman–Crippen MR) is 137 cm³/mol. The number of amides is 1. The average Bonchev–Trinajstić information content (AvgIpc) is 3.20. The second-order valence-electron chi connectivity index (χ2n) is 7.41. The monoisotopic (exact) mass is 508 g/mol. The summed E-state index contributed by atoms with van der Waals surface area (Å²) in [6.07, 6.45) is 1.48. The first-order valence-corrected chi connectivity index (χ1v) is 11.7. The number of benzene rings is 3. The summed E-state index contributed by atoms with van der Waals surface area (Å²) >= 11 is 7.64. The fraction of sp³-hybridized carbons (Fsp3) is 0.115. The molecule has 0 bridgehead atoms. The molecule has 0 radical (unpaired) electrons. The van der Waals surface area contributed by atoms with E-state index in [0.717, 1.165) is 15.6 Å². The number of rotatable bonds is 8. The van der Waals surface area contributed by atoms with Gasteiger partial charge in [0.2, 0.25) is 0 Å². The number of fused-ring (bicyclic) bond motifs is 1. The van der Waals surface area contributed by atoms with Crippen LogP contribution in [0.5, 0.6) is 17.2 Å². The number of esters is 1. The normalized spacial score (nSPS) is 10.9. The highest BCUT2D eigenvalue weighted by molar-refractivity contribution is 7.21. The van der Waals surface area contributed by atoms with Crippen LogP contribution in [-0.4, -0.2) is 31.8 Å². The Hall–Kier alpha value is -3.88. The highest BCUT2D eigenvalue weighted by Gasteiger charge is 2.19. The van der Waals surface area contributed by atoms with Crippen molar-refractivity contribution in [2.24, 2.45) is 5.10 Å². The Morgan fingerprint density at radius 3 is 2.54 bits per heavy atom. The van der Waals surface area contributed by atoms with E-state index < -0.39 is 5.97 Å². The van der Waals surface area contributed by atoms with Gasteiger partial charge in [-0.15, -0.1) is 11.3 Å². The van der Waals surface area contributed by atoms with Crippen molar-refractivity contribution in [2.45, 2.75) is 6.92 Å². The van der Waals surface area contributed by atoms with Crippen molar-refractivity contribution in [3.63, 3.8) is 0 Å². The molecular weight excluding hydrogens is 488 g/mol. The Labute approximate surface area is 210 Å². The van der Waals surface area contributed by atoms with Crippen LogP contribution in [0.3, 0.4) is 0 Å². The largest absolute Gasteiger partial charge is 0.497 e. The molecule has 0 aliphatic heterocycles. The number of halogens is 1. The highest BCUT2D eigenvalue weighted by Crippen LogP contribution is 2.37. The second kappa shape index (κ2) is 11.0. The van der Waals surface area contributed by atoms with Gasteiger partial charge in [-0.3, -0.25) is 4.79 Å². The number of aryl methyl sites for hydroxylation is 1. The summed E-state index contributed by atoms with van der Waals surface area (Å²) in [5.41, 5.74) is 4.06. The minimum absolute atomic E-state index is 0.149. The molecule has 0 fully saturated rings. The molecule has 178 valence electrons. The molecule has 1 heterocycles. The van der Waals surface area contributed by atoms with E-state index in [2.05, 4.69) is 10.5 Å². The fourth-order valence-electron chi connectivity index (χ4n) is 3.15. The van der Waals surface area contributed by atoms with Crippen molar-refractivity contribution in [2.75, 3.05) is 13.7 Å². The SMILES string of the molecule is COc1ccc2c(Cl)c(C(=O)Oc3ccc(/C=N\NC(=O)COc4ccccc4C)cc3)sc2c1. The van der Waals surface area contributed by atoms with Crippen molar-refractivity contribution >= 4 is 51.1 Å². The van der Waals surface area contributed by atoms with Crippen molar-refractivity contribution in [1.82, 2.24) is 5.43 Å². The molecule has 3 aromatic carbocycles. The average molecular weight is 509 g/mol. The summed E-state index contributed by atoms with van der Waals surface area (Å²) in [6, 6.07) is 19.5. The molecule has 0 atom stereocenters. The number of carbonyl (C=O) groups is 2. The number of ether oxygens (including phenoxy) is 3. The van der Waals surface area contributed by atoms with E-state index in [0.29, 0.717) is 32.7 Å². The standard InChI is InChI=1S/C26H21ClN2O5S/c1-16-5-3-4-6-21(16)33-15-23(30)29-28-14-17-7-9-18(10-8-17)34-26(31)25-24(27)20-12-11-19(32-2)13-22(20)35-25/h3-14H,15H2,1-2H3,(H,29,30)/b28-14-. The summed E-state index contributed by atoms with van der Waals surface area (Å²) in [7, 11) is 1.58. The van der Waals surface area contributed by atoms with Gasteiger partial charge in [0.15, 0.2) is 6.61 Å². The van der Waals surface area contributed by atoms with Crippen LogP contribution < -0.4 is 19.6 Å². The van der Waals surface area contributed by atoms with Crippen molar-refractivity contribution in [3.8, 4) is 17.2 Å². The molecule has 1 aromatic heterocycles. The Balaban J connectivity index is 1.31. The van der Waals surface area contributed by atoms with E-state index in [-0.39, 0.29) is 12.5 Å². The maximum absolute atomic E-state index is 12.7. The van der Waals surface area contributed by atoms with Gasteiger partial charge in [0.05, 0.1) is 18.3 Å². The molecular formula is C26H21ClN2O5S. The molecule has 1 N–H and O–H groups in total. The van der Waals surface area contributed by atoms with Crippen LogP contribution in [0.15, 0.2) is 71.8 Å². The van der Waals surface area contributed by atoms with Crippen LogP contribution in [-0.2, 0) is 4.79 Å². The summed E-state index contributed by atoms with van der Waals surface area (Å²) in [4.78, 5) is 24.9. The van der Waals surface area contributed by atoms with Gasteiger partial charge in [-0.2, -0.15) is 5.10 Å². The zero-order chi connectivity index (χ0) is 24.8. The quantitative estimate of drug-likeness (QED) is 0.144. The lowest BCUT2D eigenvalue weighted by Gasteiger charge is -2.07. The summed E-state index contributed by atoms with van der Waals surface area (Å²) < 4.78 is 17.0. The molecule has 0 aliphatic carbocycles. The minimum atomic E-state index is -0.544. The third kappa shape index (κ3) is 5.98. The fourth-order valence-corrected chi connectivity index (χ4v) is 4.57. The van der Waals surface area contributed by atoms with Crippen LogP contribution in [0.2, 0.25) is 5.02 Å². The van der Waals surface area contributed by atoms with Crippen LogP contribution >= 0.6 is 22.9 Å². The molecule has 0 unspecified atom stereocenters. The van der Waals surface area contributed by atoms with E-state index in [1.807, 2.05) is 37.3 Å². The van der Waals surface area contributed by atoms with E-state index in [4.69, 9.17) is 25.8 Å². The highest BCUT2D eigenvalue weighted by atomic mass is 35.5. The Bertz CT molecular complexity index is 1400. The molecule has 9 heteroatoms. The second-order valence-corrected chi connectivity index (χ2v) is 8.84. The van der Waals surface area contributed by atoms with E-state index in [9.17, 15) is 9.59 Å². The van der Waals surface area contributed by atoms with Crippen LogP contribution in [0.25, 0.3) is 10.1 Å². The molecule has 4 aromatic rings. The minimum Gasteiger partial charge on any atom is -0.497 e. The Morgan fingerprint density at radius 2 is 1.80 bits per heavy atom. The number of nitrogens with one attached hydrogen (secondary N) is 1. The number of hydrazone groups is 1. The maximum Gasteiger partial charge on any atom is 0.355 e. The smallest absolute Gasteiger partial charge is 0.355 e. The number of para-hydroxylation sites is 1.